The average Bonchev–Trinajstić information content (AvgIpc) is 2.37. The van der Waals surface area contributed by atoms with Gasteiger partial charge in [-0.05, 0) is 50.1 Å². The Balaban J connectivity index is 2.30. The van der Waals surface area contributed by atoms with Crippen LogP contribution < -0.4 is 4.74 Å². The highest BCUT2D eigenvalue weighted by atomic mass is 19.1. The van der Waals surface area contributed by atoms with Crippen LogP contribution >= 0.6 is 0 Å². The third-order valence-electron chi connectivity index (χ3n) is 2.95. The molecule has 1 aromatic carbocycles. The summed E-state index contributed by atoms with van der Waals surface area (Å²) in [6.07, 6.45) is 2.38. The second-order valence-electron chi connectivity index (χ2n) is 5.02. The summed E-state index contributed by atoms with van der Waals surface area (Å²) in [7, 11) is 0. The first-order chi connectivity index (χ1) is 9.47. The van der Waals surface area contributed by atoms with Gasteiger partial charge in [0, 0.05) is 11.8 Å². The lowest BCUT2D eigenvalue weighted by atomic mass is 9.98. The maximum absolute atomic E-state index is 13.1. The summed E-state index contributed by atoms with van der Waals surface area (Å²) < 4.78 is 18.7. The molecule has 3 nitrogen and oxygen atoms in total. The van der Waals surface area contributed by atoms with Crippen molar-refractivity contribution in [1.29, 1.82) is 0 Å². The number of benzene rings is 1. The number of aliphatic hydroxyl groups excluding tert-OH is 1. The van der Waals surface area contributed by atoms with Crippen molar-refractivity contribution >= 4 is 0 Å². The van der Waals surface area contributed by atoms with Crippen molar-refractivity contribution in [2.24, 2.45) is 0 Å². The Morgan fingerprint density at radius 3 is 2.60 bits per heavy atom. The van der Waals surface area contributed by atoms with Crippen LogP contribution in [0.25, 0.3) is 0 Å². The summed E-state index contributed by atoms with van der Waals surface area (Å²) in [6, 6.07) is 6.08. The number of pyridine rings is 1. The van der Waals surface area contributed by atoms with Crippen LogP contribution in [0.3, 0.4) is 0 Å². The van der Waals surface area contributed by atoms with Crippen LogP contribution in [-0.2, 0) is 0 Å². The van der Waals surface area contributed by atoms with E-state index in [0.717, 1.165) is 0 Å². The molecule has 0 fully saturated rings. The van der Waals surface area contributed by atoms with Crippen molar-refractivity contribution in [3.8, 4) is 5.75 Å². The number of nitrogens with zero attached hydrogens (tertiary/aromatic N) is 1. The number of hydrogen-bond donors (Lipinski definition) is 1. The topological polar surface area (TPSA) is 42.4 Å². The summed E-state index contributed by atoms with van der Waals surface area (Å²) in [5.74, 6) is 0.296. The molecule has 1 atom stereocenters. The molecule has 0 saturated heterocycles. The van der Waals surface area contributed by atoms with Gasteiger partial charge in [0.2, 0.25) is 0 Å². The summed E-state index contributed by atoms with van der Waals surface area (Å²) in [5, 5.41) is 10.4. The van der Waals surface area contributed by atoms with Crippen molar-refractivity contribution in [2.75, 3.05) is 0 Å². The Kier molecular flexibility index (Phi) is 4.35. The van der Waals surface area contributed by atoms with Crippen molar-refractivity contribution in [2.45, 2.75) is 33.0 Å². The first-order valence-corrected chi connectivity index (χ1v) is 6.53. The van der Waals surface area contributed by atoms with Crippen molar-refractivity contribution in [3.63, 3.8) is 0 Å². The Morgan fingerprint density at radius 2 is 1.95 bits per heavy atom. The highest BCUT2D eigenvalue weighted by Gasteiger charge is 2.15. The van der Waals surface area contributed by atoms with Gasteiger partial charge in [0.15, 0.2) is 0 Å². The zero-order valence-corrected chi connectivity index (χ0v) is 11.8. The zero-order valence-electron chi connectivity index (χ0n) is 11.8. The molecule has 0 amide bonds. The third kappa shape index (κ3) is 3.33. The van der Waals surface area contributed by atoms with Gasteiger partial charge in [-0.25, -0.2) is 4.39 Å². The van der Waals surface area contributed by atoms with Crippen LogP contribution in [0.4, 0.5) is 4.39 Å². The molecule has 0 spiro atoms. The number of rotatable bonds is 4. The summed E-state index contributed by atoms with van der Waals surface area (Å²) >= 11 is 0. The second-order valence-corrected chi connectivity index (χ2v) is 5.02. The molecule has 4 heteroatoms. The first kappa shape index (κ1) is 14.5. The smallest absolute Gasteiger partial charge is 0.138 e. The molecule has 20 heavy (non-hydrogen) atoms. The largest absolute Gasteiger partial charge is 0.489 e. The van der Waals surface area contributed by atoms with E-state index in [1.54, 1.807) is 31.5 Å². The molecule has 1 N–H and O–H groups in total. The van der Waals surface area contributed by atoms with Crippen LogP contribution in [0.15, 0.2) is 36.7 Å². The predicted molar refractivity (Wildman–Crippen MR) is 75.2 cm³/mol. The number of halogens is 1. The summed E-state index contributed by atoms with van der Waals surface area (Å²) in [6.45, 7) is 5.62. The van der Waals surface area contributed by atoms with Gasteiger partial charge in [-0.3, -0.25) is 4.98 Å². The molecule has 106 valence electrons. The van der Waals surface area contributed by atoms with E-state index in [4.69, 9.17) is 4.74 Å². The van der Waals surface area contributed by atoms with Gasteiger partial charge in [0.1, 0.15) is 17.7 Å². The standard InChI is InChI=1S/C16H18FNO2/c1-10(2)20-14-7-12(8-18-9-14)16(19)15-5-4-13(17)6-11(15)3/h4-10,16,19H,1-3H3. The molecule has 2 rings (SSSR count). The summed E-state index contributed by atoms with van der Waals surface area (Å²) in [4.78, 5) is 4.07. The van der Waals surface area contributed by atoms with Crippen LogP contribution in [0.2, 0.25) is 0 Å². The van der Waals surface area contributed by atoms with Crippen LogP contribution in [-0.4, -0.2) is 16.2 Å². The van der Waals surface area contributed by atoms with E-state index in [2.05, 4.69) is 4.98 Å². The number of ether oxygens (including phenoxy) is 1. The lowest BCUT2D eigenvalue weighted by Crippen LogP contribution is -2.08. The number of aryl methyl sites for hydroxylation is 1. The Labute approximate surface area is 118 Å². The Morgan fingerprint density at radius 1 is 1.20 bits per heavy atom. The van der Waals surface area contributed by atoms with Gasteiger partial charge in [0.25, 0.3) is 0 Å². The molecule has 0 radical (unpaired) electrons. The maximum atomic E-state index is 13.1. The fourth-order valence-electron chi connectivity index (χ4n) is 2.05. The minimum atomic E-state index is -0.848. The minimum absolute atomic E-state index is 0.0387. The fraction of sp³-hybridized carbons (Fsp3) is 0.312. The normalized spacial score (nSPS) is 12.5. The molecule has 0 aliphatic heterocycles. The number of hydrogen-bond acceptors (Lipinski definition) is 3. The lowest BCUT2D eigenvalue weighted by molar-refractivity contribution is 0.215. The molecular formula is C16H18FNO2. The maximum Gasteiger partial charge on any atom is 0.138 e. The van der Waals surface area contributed by atoms with E-state index >= 15 is 0 Å². The zero-order chi connectivity index (χ0) is 14.7. The molecule has 1 unspecified atom stereocenters. The molecular weight excluding hydrogens is 257 g/mol. The predicted octanol–water partition coefficient (Wildman–Crippen LogP) is 3.40. The number of aromatic nitrogens is 1. The number of aliphatic hydroxyl groups is 1. The second kappa shape index (κ2) is 6.01. The van der Waals surface area contributed by atoms with Crippen LogP contribution in [0.5, 0.6) is 5.75 Å². The van der Waals surface area contributed by atoms with Gasteiger partial charge < -0.3 is 9.84 Å². The quantitative estimate of drug-likeness (QED) is 0.930. The Hall–Kier alpha value is -1.94. The third-order valence-corrected chi connectivity index (χ3v) is 2.95. The molecule has 0 saturated carbocycles. The molecule has 1 aromatic heterocycles. The van der Waals surface area contributed by atoms with E-state index in [9.17, 15) is 9.50 Å². The minimum Gasteiger partial charge on any atom is -0.489 e. The molecule has 0 bridgehead atoms. The Bertz CT molecular complexity index is 599. The molecule has 2 aromatic rings. The van der Waals surface area contributed by atoms with E-state index in [1.807, 2.05) is 13.8 Å². The molecule has 0 aliphatic rings. The average molecular weight is 275 g/mol. The monoisotopic (exact) mass is 275 g/mol. The lowest BCUT2D eigenvalue weighted by Gasteiger charge is -2.16. The van der Waals surface area contributed by atoms with Crippen LogP contribution in [0, 0.1) is 12.7 Å². The first-order valence-electron chi connectivity index (χ1n) is 6.53. The highest BCUT2D eigenvalue weighted by Crippen LogP contribution is 2.27. The SMILES string of the molecule is Cc1cc(F)ccc1C(O)c1cncc(OC(C)C)c1. The van der Waals surface area contributed by atoms with Gasteiger partial charge in [-0.15, -0.1) is 0 Å². The summed E-state index contributed by atoms with van der Waals surface area (Å²) in [5.41, 5.74) is 1.99. The van der Waals surface area contributed by atoms with Crippen molar-refractivity contribution in [1.82, 2.24) is 4.98 Å². The van der Waals surface area contributed by atoms with Gasteiger partial charge in [-0.2, -0.15) is 0 Å². The molecule has 1 heterocycles. The van der Waals surface area contributed by atoms with Gasteiger partial charge in [0.05, 0.1) is 12.3 Å². The van der Waals surface area contributed by atoms with Gasteiger partial charge >= 0.3 is 0 Å². The van der Waals surface area contributed by atoms with E-state index < -0.39 is 6.10 Å². The van der Waals surface area contributed by atoms with Gasteiger partial charge in [-0.1, -0.05) is 6.07 Å². The van der Waals surface area contributed by atoms with Crippen LogP contribution in [0.1, 0.15) is 36.6 Å². The van der Waals surface area contributed by atoms with E-state index in [-0.39, 0.29) is 11.9 Å². The van der Waals surface area contributed by atoms with E-state index in [0.29, 0.717) is 22.4 Å². The van der Waals surface area contributed by atoms with Crippen molar-refractivity contribution in [3.05, 3.63) is 59.2 Å². The fourth-order valence-corrected chi connectivity index (χ4v) is 2.05. The molecule has 0 aliphatic carbocycles. The highest BCUT2D eigenvalue weighted by molar-refractivity contribution is 5.36. The van der Waals surface area contributed by atoms with E-state index in [1.165, 1.54) is 12.1 Å². The van der Waals surface area contributed by atoms with Crippen molar-refractivity contribution < 1.29 is 14.2 Å².